The number of pyridine rings is 1. The molecule has 3 aromatic carbocycles. The second kappa shape index (κ2) is 11.8. The summed E-state index contributed by atoms with van der Waals surface area (Å²) >= 11 is 0. The molecule has 6 rings (SSSR count). The Labute approximate surface area is 240 Å². The van der Waals surface area contributed by atoms with Crippen LogP contribution in [0.4, 0.5) is 4.39 Å². The van der Waals surface area contributed by atoms with E-state index >= 15 is 0 Å². The second-order valence-electron chi connectivity index (χ2n) is 10.6. The molecule has 4 nitrogen and oxygen atoms in total. The van der Waals surface area contributed by atoms with E-state index in [9.17, 15) is 9.18 Å². The van der Waals surface area contributed by atoms with E-state index < -0.39 is 11.5 Å². The summed E-state index contributed by atoms with van der Waals surface area (Å²) in [4.78, 5) is 21.9. The van der Waals surface area contributed by atoms with Crippen molar-refractivity contribution in [1.29, 1.82) is 0 Å². The Morgan fingerprint density at radius 2 is 1.34 bits per heavy atom. The van der Waals surface area contributed by atoms with Crippen molar-refractivity contribution in [3.8, 4) is 11.3 Å². The van der Waals surface area contributed by atoms with Crippen LogP contribution in [0.1, 0.15) is 54.5 Å². The summed E-state index contributed by atoms with van der Waals surface area (Å²) in [7, 11) is 0. The minimum Gasteiger partial charge on any atom is -0.318 e. The molecule has 204 valence electrons. The van der Waals surface area contributed by atoms with Crippen LogP contribution in [0.2, 0.25) is 0 Å². The molecule has 0 saturated heterocycles. The van der Waals surface area contributed by atoms with Gasteiger partial charge in [-0.3, -0.25) is 4.79 Å². The van der Waals surface area contributed by atoms with E-state index in [1.807, 2.05) is 67.1 Å². The lowest BCUT2D eigenvalue weighted by atomic mass is 9.77. The normalized spacial score (nSPS) is 14.4. The highest BCUT2D eigenvalue weighted by atomic mass is 19.1. The van der Waals surface area contributed by atoms with Gasteiger partial charge in [-0.05, 0) is 53.8 Å². The van der Waals surface area contributed by atoms with Crippen LogP contribution < -0.4 is 0 Å². The summed E-state index contributed by atoms with van der Waals surface area (Å²) in [6, 6.07) is 34.1. The van der Waals surface area contributed by atoms with E-state index in [0.29, 0.717) is 17.0 Å². The van der Waals surface area contributed by atoms with Crippen LogP contribution in [0, 0.1) is 11.9 Å². The highest BCUT2D eigenvalue weighted by Gasteiger charge is 2.38. The number of hydrogen-bond acceptors (Lipinski definition) is 3. The predicted octanol–water partition coefficient (Wildman–Crippen LogP) is 8.09. The molecule has 2 aromatic heterocycles. The van der Waals surface area contributed by atoms with Crippen LogP contribution in [0.15, 0.2) is 122 Å². The fourth-order valence-electron chi connectivity index (χ4n) is 6.11. The SMILES string of the molecule is O=C(/C=C/c1nc(F)ccc1-c1cn(C(c2ccccc2)(c2ccccc2)c2ccccc2)cn1)C1CCCCC1. The lowest BCUT2D eigenvalue weighted by Gasteiger charge is -2.37. The van der Waals surface area contributed by atoms with Crippen molar-refractivity contribution in [3.63, 3.8) is 0 Å². The second-order valence-corrected chi connectivity index (χ2v) is 10.6. The lowest BCUT2D eigenvalue weighted by molar-refractivity contribution is -0.119. The number of ketones is 1. The Hall–Kier alpha value is -4.64. The average molecular weight is 542 g/mol. The number of rotatable bonds is 8. The molecule has 0 atom stereocenters. The molecule has 0 amide bonds. The van der Waals surface area contributed by atoms with Gasteiger partial charge in [0.2, 0.25) is 5.95 Å². The first-order valence-corrected chi connectivity index (χ1v) is 14.3. The van der Waals surface area contributed by atoms with Gasteiger partial charge in [-0.15, -0.1) is 0 Å². The van der Waals surface area contributed by atoms with Gasteiger partial charge in [0, 0.05) is 17.7 Å². The predicted molar refractivity (Wildman–Crippen MR) is 161 cm³/mol. The molecule has 0 N–H and O–H groups in total. The number of imidazole rings is 1. The monoisotopic (exact) mass is 541 g/mol. The van der Waals surface area contributed by atoms with Gasteiger partial charge in [-0.1, -0.05) is 110 Å². The Morgan fingerprint density at radius 3 is 1.90 bits per heavy atom. The van der Waals surface area contributed by atoms with E-state index in [0.717, 1.165) is 42.4 Å². The van der Waals surface area contributed by atoms with Crippen LogP contribution in [0.5, 0.6) is 0 Å². The summed E-state index contributed by atoms with van der Waals surface area (Å²) in [5, 5.41) is 0. The number of nitrogens with zero attached hydrogens (tertiary/aromatic N) is 3. The third-order valence-electron chi connectivity index (χ3n) is 8.12. The Morgan fingerprint density at radius 1 is 0.780 bits per heavy atom. The Balaban J connectivity index is 1.48. The van der Waals surface area contributed by atoms with Crippen molar-refractivity contribution in [2.45, 2.75) is 37.6 Å². The molecule has 41 heavy (non-hydrogen) atoms. The third-order valence-corrected chi connectivity index (χ3v) is 8.12. The number of benzene rings is 3. The van der Waals surface area contributed by atoms with Crippen LogP contribution in [0.25, 0.3) is 17.3 Å². The molecule has 0 radical (unpaired) electrons. The van der Waals surface area contributed by atoms with Crippen molar-refractivity contribution >= 4 is 11.9 Å². The molecule has 0 spiro atoms. The van der Waals surface area contributed by atoms with Gasteiger partial charge in [0.25, 0.3) is 0 Å². The van der Waals surface area contributed by atoms with Gasteiger partial charge < -0.3 is 4.57 Å². The van der Waals surface area contributed by atoms with Crippen molar-refractivity contribution in [3.05, 3.63) is 150 Å². The van der Waals surface area contributed by atoms with Gasteiger partial charge in [-0.2, -0.15) is 4.39 Å². The first kappa shape index (κ1) is 26.6. The zero-order chi connectivity index (χ0) is 28.1. The first-order valence-electron chi connectivity index (χ1n) is 14.3. The molecule has 1 fully saturated rings. The summed E-state index contributed by atoms with van der Waals surface area (Å²) in [6.07, 6.45) is 12.2. The maximum atomic E-state index is 14.3. The zero-order valence-electron chi connectivity index (χ0n) is 22.9. The maximum Gasteiger partial charge on any atom is 0.213 e. The van der Waals surface area contributed by atoms with E-state index in [4.69, 9.17) is 4.98 Å². The largest absolute Gasteiger partial charge is 0.318 e. The number of allylic oxidation sites excluding steroid dienone is 1. The molecule has 0 unspecified atom stereocenters. The van der Waals surface area contributed by atoms with Gasteiger partial charge in [0.05, 0.1) is 17.7 Å². The van der Waals surface area contributed by atoms with Crippen LogP contribution >= 0.6 is 0 Å². The van der Waals surface area contributed by atoms with Crippen LogP contribution in [-0.4, -0.2) is 20.3 Å². The van der Waals surface area contributed by atoms with Gasteiger partial charge in [0.1, 0.15) is 5.54 Å². The standard InChI is InChI=1S/C36H32FN3O/c37-35-24-21-31(32(39-35)22-23-34(41)27-13-5-1-6-14-27)33-25-40(26-38-33)36(28-15-7-2-8-16-28,29-17-9-3-10-18-29)30-19-11-4-12-20-30/h2-4,7-12,15-27H,1,5-6,13-14H2/b23-22+. The highest BCUT2D eigenvalue weighted by Crippen LogP contribution is 2.41. The average Bonchev–Trinajstić information content (AvgIpc) is 3.52. The summed E-state index contributed by atoms with van der Waals surface area (Å²) < 4.78 is 16.5. The molecule has 2 heterocycles. The Kier molecular flexibility index (Phi) is 7.68. The van der Waals surface area contributed by atoms with E-state index in [1.165, 1.54) is 12.5 Å². The fraction of sp³-hybridized carbons (Fsp3) is 0.194. The van der Waals surface area contributed by atoms with Gasteiger partial charge in [-0.25, -0.2) is 9.97 Å². The topological polar surface area (TPSA) is 47.8 Å². The van der Waals surface area contributed by atoms with Crippen LogP contribution in [-0.2, 0) is 10.3 Å². The molecule has 5 aromatic rings. The van der Waals surface area contributed by atoms with E-state index in [-0.39, 0.29) is 11.7 Å². The highest BCUT2D eigenvalue weighted by molar-refractivity contribution is 5.96. The minimum atomic E-state index is -0.713. The summed E-state index contributed by atoms with van der Waals surface area (Å²) in [5.74, 6) is -0.465. The number of carbonyl (C=O) groups is 1. The van der Waals surface area contributed by atoms with E-state index in [2.05, 4.69) is 45.9 Å². The number of hydrogen-bond donors (Lipinski definition) is 0. The van der Waals surface area contributed by atoms with Crippen LogP contribution in [0.3, 0.4) is 0 Å². The van der Waals surface area contributed by atoms with Crippen molar-refractivity contribution in [2.75, 3.05) is 0 Å². The molecular weight excluding hydrogens is 509 g/mol. The molecule has 0 aliphatic heterocycles. The van der Waals surface area contributed by atoms with Crippen molar-refractivity contribution < 1.29 is 9.18 Å². The molecular formula is C36H32FN3O. The van der Waals surface area contributed by atoms with E-state index in [1.54, 1.807) is 18.2 Å². The first-order chi connectivity index (χ1) is 20.2. The molecule has 5 heteroatoms. The molecule has 0 bridgehead atoms. The van der Waals surface area contributed by atoms with Gasteiger partial charge in [0.15, 0.2) is 5.78 Å². The summed E-state index contributed by atoms with van der Waals surface area (Å²) in [5.41, 5.74) is 4.24. The minimum absolute atomic E-state index is 0.0412. The molecule has 1 aliphatic rings. The molecule has 1 aliphatic carbocycles. The maximum absolute atomic E-state index is 14.3. The molecule has 1 saturated carbocycles. The third kappa shape index (κ3) is 5.28. The number of halogens is 1. The smallest absolute Gasteiger partial charge is 0.213 e. The number of carbonyl (C=O) groups excluding carboxylic acids is 1. The van der Waals surface area contributed by atoms with Crippen molar-refractivity contribution in [2.24, 2.45) is 5.92 Å². The zero-order valence-corrected chi connectivity index (χ0v) is 22.9. The number of aromatic nitrogens is 3. The van der Waals surface area contributed by atoms with Gasteiger partial charge >= 0.3 is 0 Å². The Bertz CT molecular complexity index is 1540. The van der Waals surface area contributed by atoms with Crippen molar-refractivity contribution in [1.82, 2.24) is 14.5 Å². The fourth-order valence-corrected chi connectivity index (χ4v) is 6.11. The quantitative estimate of drug-likeness (QED) is 0.113. The lowest BCUT2D eigenvalue weighted by Crippen LogP contribution is -2.36. The summed E-state index contributed by atoms with van der Waals surface area (Å²) in [6.45, 7) is 0.